The second kappa shape index (κ2) is 5.31. The number of carbonyl (C=O) groups is 1. The summed E-state index contributed by atoms with van der Waals surface area (Å²) in [7, 11) is 0. The average molecular weight is 249 g/mol. The summed E-state index contributed by atoms with van der Waals surface area (Å²) in [5.74, 6) is -1.62. The predicted molar refractivity (Wildman–Crippen MR) is 59.6 cm³/mol. The lowest BCUT2D eigenvalue weighted by molar-refractivity contribution is 0.0945. The van der Waals surface area contributed by atoms with E-state index < -0.39 is 17.5 Å². The van der Waals surface area contributed by atoms with E-state index >= 15 is 0 Å². The van der Waals surface area contributed by atoms with Crippen molar-refractivity contribution < 1.29 is 13.6 Å². The van der Waals surface area contributed by atoms with Gasteiger partial charge in [0.2, 0.25) is 0 Å². The van der Waals surface area contributed by atoms with Crippen LogP contribution in [0.15, 0.2) is 36.8 Å². The molecule has 1 heterocycles. The van der Waals surface area contributed by atoms with Gasteiger partial charge in [0.15, 0.2) is 0 Å². The first-order chi connectivity index (χ1) is 8.66. The fourth-order valence-electron chi connectivity index (χ4n) is 1.36. The zero-order valence-electron chi connectivity index (χ0n) is 9.23. The third-order valence-electron chi connectivity index (χ3n) is 2.24. The Bertz CT molecular complexity index is 561. The second-order valence-electron chi connectivity index (χ2n) is 3.51. The van der Waals surface area contributed by atoms with Gasteiger partial charge in [-0.05, 0) is 18.2 Å². The van der Waals surface area contributed by atoms with Crippen molar-refractivity contribution in [2.24, 2.45) is 0 Å². The zero-order valence-corrected chi connectivity index (χ0v) is 9.23. The highest BCUT2D eigenvalue weighted by molar-refractivity contribution is 5.91. The molecule has 1 aromatic carbocycles. The van der Waals surface area contributed by atoms with Gasteiger partial charge in [-0.15, -0.1) is 0 Å². The van der Waals surface area contributed by atoms with Crippen LogP contribution in [0.2, 0.25) is 0 Å². The van der Waals surface area contributed by atoms with E-state index in [2.05, 4.69) is 15.3 Å². The van der Waals surface area contributed by atoms with Gasteiger partial charge in [0.1, 0.15) is 17.3 Å². The fourth-order valence-corrected chi connectivity index (χ4v) is 1.36. The Balaban J connectivity index is 2.04. The molecule has 0 aliphatic heterocycles. The number of nitrogens with one attached hydrogen (secondary N) is 1. The van der Waals surface area contributed by atoms with Gasteiger partial charge in [-0.1, -0.05) is 0 Å². The molecule has 6 heteroatoms. The quantitative estimate of drug-likeness (QED) is 0.900. The summed E-state index contributed by atoms with van der Waals surface area (Å²) in [6, 6.07) is 3.06. The summed E-state index contributed by atoms with van der Waals surface area (Å²) >= 11 is 0. The molecule has 1 amide bonds. The van der Waals surface area contributed by atoms with Gasteiger partial charge in [-0.3, -0.25) is 9.78 Å². The molecule has 1 aromatic heterocycles. The SMILES string of the molecule is O=C(NCc1cc(F)ccc1F)c1cnccn1. The third kappa shape index (κ3) is 2.85. The summed E-state index contributed by atoms with van der Waals surface area (Å²) in [5.41, 5.74) is 0.196. The summed E-state index contributed by atoms with van der Waals surface area (Å²) in [4.78, 5) is 19.1. The lowest BCUT2D eigenvalue weighted by Crippen LogP contribution is -2.24. The summed E-state index contributed by atoms with van der Waals surface area (Å²) < 4.78 is 26.2. The van der Waals surface area contributed by atoms with Crippen molar-refractivity contribution in [3.05, 3.63) is 59.7 Å². The molecule has 0 unspecified atom stereocenters. The Morgan fingerprint density at radius 3 is 2.83 bits per heavy atom. The first kappa shape index (κ1) is 12.1. The van der Waals surface area contributed by atoms with Crippen molar-refractivity contribution in [2.75, 3.05) is 0 Å². The molecule has 0 aliphatic carbocycles. The molecule has 4 nitrogen and oxygen atoms in total. The van der Waals surface area contributed by atoms with Crippen molar-refractivity contribution in [2.45, 2.75) is 6.54 Å². The second-order valence-corrected chi connectivity index (χ2v) is 3.51. The minimum absolute atomic E-state index is 0.0761. The van der Waals surface area contributed by atoms with Gasteiger partial charge in [-0.2, -0.15) is 0 Å². The van der Waals surface area contributed by atoms with Gasteiger partial charge in [0, 0.05) is 24.5 Å². The highest BCUT2D eigenvalue weighted by atomic mass is 19.1. The van der Waals surface area contributed by atoms with Gasteiger partial charge in [0.05, 0.1) is 6.20 Å². The molecule has 0 saturated carbocycles. The number of nitrogens with zero attached hydrogens (tertiary/aromatic N) is 2. The Morgan fingerprint density at radius 2 is 2.11 bits per heavy atom. The van der Waals surface area contributed by atoms with E-state index in [0.29, 0.717) is 0 Å². The molecule has 0 saturated heterocycles. The maximum atomic E-state index is 13.3. The first-order valence-electron chi connectivity index (χ1n) is 5.15. The third-order valence-corrected chi connectivity index (χ3v) is 2.24. The van der Waals surface area contributed by atoms with Crippen LogP contribution in [-0.2, 0) is 6.54 Å². The number of carbonyl (C=O) groups excluding carboxylic acids is 1. The molecule has 1 N–H and O–H groups in total. The molecule has 92 valence electrons. The van der Waals surface area contributed by atoms with Gasteiger partial charge < -0.3 is 5.32 Å². The minimum Gasteiger partial charge on any atom is -0.346 e. The lowest BCUT2D eigenvalue weighted by Gasteiger charge is -2.05. The van der Waals surface area contributed by atoms with E-state index in [0.717, 1.165) is 18.2 Å². The molecular formula is C12H9F2N3O. The zero-order chi connectivity index (χ0) is 13.0. The van der Waals surface area contributed by atoms with Crippen molar-refractivity contribution in [3.8, 4) is 0 Å². The average Bonchev–Trinajstić information content (AvgIpc) is 2.40. The van der Waals surface area contributed by atoms with E-state index in [-0.39, 0.29) is 17.8 Å². The lowest BCUT2D eigenvalue weighted by atomic mass is 10.2. The van der Waals surface area contributed by atoms with Crippen LogP contribution in [0.5, 0.6) is 0 Å². The Hall–Kier alpha value is -2.37. The van der Waals surface area contributed by atoms with Crippen LogP contribution in [-0.4, -0.2) is 15.9 Å². The van der Waals surface area contributed by atoms with Crippen molar-refractivity contribution in [3.63, 3.8) is 0 Å². The minimum atomic E-state index is -0.573. The largest absolute Gasteiger partial charge is 0.346 e. The Kier molecular flexibility index (Phi) is 3.57. The molecule has 18 heavy (non-hydrogen) atoms. The molecule has 0 bridgehead atoms. The number of benzene rings is 1. The molecule has 0 fully saturated rings. The molecular weight excluding hydrogens is 240 g/mol. The van der Waals surface area contributed by atoms with Crippen LogP contribution < -0.4 is 5.32 Å². The number of halogens is 2. The first-order valence-corrected chi connectivity index (χ1v) is 5.15. The number of rotatable bonds is 3. The number of hydrogen-bond acceptors (Lipinski definition) is 3. The molecule has 0 radical (unpaired) electrons. The van der Waals surface area contributed by atoms with E-state index in [4.69, 9.17) is 0 Å². The molecule has 0 aliphatic rings. The van der Waals surface area contributed by atoms with Gasteiger partial charge in [-0.25, -0.2) is 13.8 Å². The monoisotopic (exact) mass is 249 g/mol. The van der Waals surface area contributed by atoms with Crippen LogP contribution in [0.25, 0.3) is 0 Å². The normalized spacial score (nSPS) is 10.1. The van der Waals surface area contributed by atoms with E-state index in [1.807, 2.05) is 0 Å². The van der Waals surface area contributed by atoms with Crippen LogP contribution in [0.3, 0.4) is 0 Å². The summed E-state index contributed by atoms with van der Waals surface area (Å²) in [6.45, 7) is -0.112. The van der Waals surface area contributed by atoms with E-state index in [9.17, 15) is 13.6 Å². The molecule has 2 aromatic rings. The molecule has 2 rings (SSSR count). The summed E-state index contributed by atoms with van der Waals surface area (Å²) in [5, 5.41) is 2.44. The fraction of sp³-hybridized carbons (Fsp3) is 0.0833. The number of aromatic nitrogens is 2. The van der Waals surface area contributed by atoms with Crippen molar-refractivity contribution in [1.29, 1.82) is 0 Å². The van der Waals surface area contributed by atoms with Gasteiger partial charge >= 0.3 is 0 Å². The Morgan fingerprint density at radius 1 is 1.28 bits per heavy atom. The van der Waals surface area contributed by atoms with Crippen molar-refractivity contribution in [1.82, 2.24) is 15.3 Å². The van der Waals surface area contributed by atoms with Crippen LogP contribution in [0.4, 0.5) is 8.78 Å². The predicted octanol–water partition coefficient (Wildman–Crippen LogP) is 1.68. The van der Waals surface area contributed by atoms with E-state index in [1.54, 1.807) is 0 Å². The smallest absolute Gasteiger partial charge is 0.271 e. The molecule has 0 atom stereocenters. The Labute approximate surface area is 102 Å². The summed E-state index contributed by atoms with van der Waals surface area (Å²) in [6.07, 6.45) is 4.10. The van der Waals surface area contributed by atoms with Crippen molar-refractivity contribution >= 4 is 5.91 Å². The van der Waals surface area contributed by atoms with Crippen LogP contribution in [0, 0.1) is 11.6 Å². The highest BCUT2D eigenvalue weighted by Crippen LogP contribution is 2.09. The highest BCUT2D eigenvalue weighted by Gasteiger charge is 2.09. The maximum Gasteiger partial charge on any atom is 0.271 e. The van der Waals surface area contributed by atoms with E-state index in [1.165, 1.54) is 18.6 Å². The number of hydrogen-bond donors (Lipinski definition) is 1. The standard InChI is InChI=1S/C12H9F2N3O/c13-9-1-2-10(14)8(5-9)6-17-12(18)11-7-15-3-4-16-11/h1-5,7H,6H2,(H,17,18). The maximum absolute atomic E-state index is 13.3. The van der Waals surface area contributed by atoms with Crippen LogP contribution in [0.1, 0.15) is 16.1 Å². The molecule has 0 spiro atoms. The number of amides is 1. The van der Waals surface area contributed by atoms with Gasteiger partial charge in [0.25, 0.3) is 5.91 Å². The van der Waals surface area contributed by atoms with Crippen LogP contribution >= 0.6 is 0 Å². The topological polar surface area (TPSA) is 54.9 Å².